The molecule has 0 radical (unpaired) electrons. The minimum absolute atomic E-state index is 0.388. The molecule has 1 fully saturated rings. The van der Waals surface area contributed by atoms with Gasteiger partial charge in [-0.1, -0.05) is 133 Å². The molecule has 0 spiro atoms. The van der Waals surface area contributed by atoms with Crippen molar-refractivity contribution in [3.05, 3.63) is 168 Å². The van der Waals surface area contributed by atoms with Crippen molar-refractivity contribution in [1.82, 2.24) is 9.80 Å². The van der Waals surface area contributed by atoms with Gasteiger partial charge in [0.1, 0.15) is 12.2 Å². The fourth-order valence-corrected chi connectivity index (χ4v) is 7.08. The van der Waals surface area contributed by atoms with E-state index >= 15 is 0 Å². The van der Waals surface area contributed by atoms with Gasteiger partial charge in [0.2, 0.25) is 12.2 Å². The first-order valence-corrected chi connectivity index (χ1v) is 16.5. The maximum Gasteiger partial charge on any atom is 0.213 e. The molecule has 0 amide bonds. The zero-order valence-electron chi connectivity index (χ0n) is 26.7. The summed E-state index contributed by atoms with van der Waals surface area (Å²) < 4.78 is 0. The first-order valence-electron chi connectivity index (χ1n) is 16.5. The standard InChI is InChI=1S/C42H38N4O2/c43-29-44-42-45(27-32-19-21-34-15-7-9-17-36(34)23-32)38(25-30-11-3-1-4-12-30)40(47)41(48)39(26-31-13-5-2-6-14-31)46(42)28-33-20-22-35-16-8-10-18-37(35)24-33/h1-24,38-41,47-48H,25-28H2/t38-,39-,40+,41+/m1/s1. The number of hydrogen-bond acceptors (Lipinski definition) is 4. The van der Waals surface area contributed by atoms with Gasteiger partial charge in [-0.25, -0.2) is 0 Å². The molecule has 1 aliphatic heterocycles. The summed E-state index contributed by atoms with van der Waals surface area (Å²) >= 11 is 0. The number of aliphatic imine (C=N–C) groups is 1. The summed E-state index contributed by atoms with van der Waals surface area (Å²) in [7, 11) is 0. The van der Waals surface area contributed by atoms with Crippen LogP contribution >= 0.6 is 0 Å². The van der Waals surface area contributed by atoms with Crippen molar-refractivity contribution in [3.63, 3.8) is 0 Å². The lowest BCUT2D eigenvalue weighted by Gasteiger charge is -2.38. The third-order valence-corrected chi connectivity index (χ3v) is 9.51. The van der Waals surface area contributed by atoms with Crippen LogP contribution in [-0.4, -0.2) is 50.3 Å². The van der Waals surface area contributed by atoms with E-state index in [0.29, 0.717) is 31.9 Å². The van der Waals surface area contributed by atoms with Crippen molar-refractivity contribution in [2.24, 2.45) is 4.99 Å². The van der Waals surface area contributed by atoms with E-state index in [1.807, 2.05) is 94.7 Å². The Hall–Kier alpha value is -5.48. The highest BCUT2D eigenvalue weighted by Gasteiger charge is 2.45. The number of rotatable bonds is 8. The van der Waals surface area contributed by atoms with Crippen molar-refractivity contribution in [2.45, 2.75) is 50.2 Å². The minimum Gasteiger partial charge on any atom is -0.388 e. The molecule has 0 unspecified atom stereocenters. The molecule has 6 aromatic carbocycles. The number of aliphatic hydroxyl groups excluding tert-OH is 2. The number of guanidine groups is 1. The number of aliphatic hydroxyl groups is 2. The van der Waals surface area contributed by atoms with Crippen molar-refractivity contribution < 1.29 is 10.2 Å². The molecule has 6 heteroatoms. The van der Waals surface area contributed by atoms with Gasteiger partial charge in [0.05, 0.1) is 12.1 Å². The number of nitriles is 1. The molecular formula is C42H38N4O2. The van der Waals surface area contributed by atoms with Crippen LogP contribution in [0.4, 0.5) is 0 Å². The van der Waals surface area contributed by atoms with Crippen LogP contribution < -0.4 is 0 Å². The quantitative estimate of drug-likeness (QED) is 0.176. The Bertz CT molecular complexity index is 1930. The van der Waals surface area contributed by atoms with E-state index in [0.717, 1.165) is 43.8 Å². The molecule has 6 aromatic rings. The van der Waals surface area contributed by atoms with Crippen molar-refractivity contribution in [3.8, 4) is 6.19 Å². The molecule has 1 saturated heterocycles. The zero-order chi connectivity index (χ0) is 32.9. The summed E-state index contributed by atoms with van der Waals surface area (Å²) in [6.07, 6.45) is 0.742. The molecule has 6 nitrogen and oxygen atoms in total. The Kier molecular flexibility index (Phi) is 9.15. The molecule has 48 heavy (non-hydrogen) atoms. The van der Waals surface area contributed by atoms with Gasteiger partial charge < -0.3 is 20.0 Å². The van der Waals surface area contributed by atoms with Crippen LogP contribution in [0, 0.1) is 11.5 Å². The van der Waals surface area contributed by atoms with Gasteiger partial charge >= 0.3 is 0 Å². The van der Waals surface area contributed by atoms with E-state index in [4.69, 9.17) is 0 Å². The summed E-state index contributed by atoms with van der Waals surface area (Å²) in [5.74, 6) is 0.441. The lowest BCUT2D eigenvalue weighted by molar-refractivity contribution is -0.0408. The monoisotopic (exact) mass is 630 g/mol. The normalized spacial score (nSPS) is 19.6. The number of fused-ring (bicyclic) bond motifs is 2. The predicted molar refractivity (Wildman–Crippen MR) is 192 cm³/mol. The van der Waals surface area contributed by atoms with Gasteiger partial charge in [-0.3, -0.25) is 0 Å². The van der Waals surface area contributed by atoms with E-state index in [2.05, 4.69) is 71.8 Å². The van der Waals surface area contributed by atoms with Crippen molar-refractivity contribution >= 4 is 27.5 Å². The Morgan fingerprint density at radius 1 is 0.500 bits per heavy atom. The zero-order valence-corrected chi connectivity index (χ0v) is 26.7. The van der Waals surface area contributed by atoms with Gasteiger partial charge in [0.25, 0.3) is 0 Å². The second-order valence-electron chi connectivity index (χ2n) is 12.6. The third-order valence-electron chi connectivity index (χ3n) is 9.51. The van der Waals surface area contributed by atoms with Crippen LogP contribution in [0.25, 0.3) is 21.5 Å². The average molecular weight is 631 g/mol. The summed E-state index contributed by atoms with van der Waals surface area (Å²) in [6.45, 7) is 0.776. The molecule has 238 valence electrons. The molecule has 1 aliphatic rings. The smallest absolute Gasteiger partial charge is 0.213 e. The first-order chi connectivity index (χ1) is 23.6. The molecule has 0 bridgehead atoms. The summed E-state index contributed by atoms with van der Waals surface area (Å²) in [5, 5.41) is 39.1. The molecule has 2 N–H and O–H groups in total. The highest BCUT2D eigenvalue weighted by atomic mass is 16.3. The number of benzene rings is 6. The van der Waals surface area contributed by atoms with E-state index in [9.17, 15) is 15.5 Å². The Labute approximate surface area is 281 Å². The molecule has 0 aromatic heterocycles. The third kappa shape index (κ3) is 6.65. The molecule has 0 aliphatic carbocycles. The summed E-state index contributed by atoms with van der Waals surface area (Å²) in [4.78, 5) is 8.61. The predicted octanol–water partition coefficient (Wildman–Crippen LogP) is 7.09. The Morgan fingerprint density at radius 2 is 0.896 bits per heavy atom. The SMILES string of the molecule is N#CN=C1N(Cc2ccc3ccccc3c2)[C@H](Cc2ccccc2)[C@H](O)[C@@H](O)[C@@H](Cc2ccccc2)N1Cc1ccc2ccccc2c1. The van der Waals surface area contributed by atoms with Crippen LogP contribution in [0.2, 0.25) is 0 Å². The lowest BCUT2D eigenvalue weighted by Crippen LogP contribution is -2.51. The number of hydrogen-bond donors (Lipinski definition) is 2. The molecule has 4 atom stereocenters. The molecule has 7 rings (SSSR count). The topological polar surface area (TPSA) is 83.1 Å². The fourth-order valence-electron chi connectivity index (χ4n) is 7.08. The Balaban J connectivity index is 1.37. The van der Waals surface area contributed by atoms with Crippen LogP contribution in [-0.2, 0) is 25.9 Å². The van der Waals surface area contributed by atoms with Crippen LogP contribution in [0.1, 0.15) is 22.3 Å². The first kappa shape index (κ1) is 31.1. The van der Waals surface area contributed by atoms with E-state index in [-0.39, 0.29) is 0 Å². The highest BCUT2D eigenvalue weighted by Crippen LogP contribution is 2.31. The molecule has 0 saturated carbocycles. The van der Waals surface area contributed by atoms with Gasteiger partial charge in [0.15, 0.2) is 0 Å². The largest absolute Gasteiger partial charge is 0.388 e. The second kappa shape index (κ2) is 14.1. The van der Waals surface area contributed by atoms with Crippen LogP contribution in [0.5, 0.6) is 0 Å². The van der Waals surface area contributed by atoms with Crippen molar-refractivity contribution in [1.29, 1.82) is 5.26 Å². The Morgan fingerprint density at radius 3 is 1.31 bits per heavy atom. The van der Waals surface area contributed by atoms with E-state index in [1.54, 1.807) is 0 Å². The van der Waals surface area contributed by atoms with Gasteiger partial charge in [-0.15, -0.1) is 4.99 Å². The minimum atomic E-state index is -1.13. The van der Waals surface area contributed by atoms with E-state index in [1.165, 1.54) is 0 Å². The van der Waals surface area contributed by atoms with Gasteiger partial charge in [-0.05, 0) is 68.8 Å². The van der Waals surface area contributed by atoms with Crippen LogP contribution in [0.15, 0.2) is 151 Å². The number of nitrogens with zero attached hydrogens (tertiary/aromatic N) is 4. The van der Waals surface area contributed by atoms with Crippen LogP contribution in [0.3, 0.4) is 0 Å². The summed E-state index contributed by atoms with van der Waals surface area (Å²) in [5.41, 5.74) is 4.09. The lowest BCUT2D eigenvalue weighted by atomic mass is 9.90. The highest BCUT2D eigenvalue weighted by molar-refractivity contribution is 5.85. The summed E-state index contributed by atoms with van der Waals surface area (Å²) in [6, 6.07) is 48.0. The molecule has 1 heterocycles. The second-order valence-corrected chi connectivity index (χ2v) is 12.6. The van der Waals surface area contributed by atoms with Gasteiger partial charge in [0, 0.05) is 13.1 Å². The fraction of sp³-hybridized carbons (Fsp3) is 0.190. The van der Waals surface area contributed by atoms with Crippen molar-refractivity contribution in [2.75, 3.05) is 0 Å². The molecular weight excluding hydrogens is 592 g/mol. The van der Waals surface area contributed by atoms with Gasteiger partial charge in [-0.2, -0.15) is 5.26 Å². The maximum atomic E-state index is 12.2. The van der Waals surface area contributed by atoms with E-state index < -0.39 is 24.3 Å². The maximum absolute atomic E-state index is 12.2. The average Bonchev–Trinajstić information content (AvgIpc) is 3.19.